The molecule has 0 bridgehead atoms. The molecule has 2 atom stereocenters. The number of likely N-dealkylation sites (tertiary alicyclic amines) is 1. The number of benzene rings is 2. The van der Waals surface area contributed by atoms with Crippen molar-refractivity contribution in [2.24, 2.45) is 11.7 Å². The molecule has 0 aliphatic carbocycles. The second kappa shape index (κ2) is 7.66. The van der Waals surface area contributed by atoms with Gasteiger partial charge in [-0.3, -0.25) is 9.59 Å². The number of hydrogen-bond acceptors (Lipinski definition) is 3. The largest absolute Gasteiger partial charge is 0.338 e. The van der Waals surface area contributed by atoms with Gasteiger partial charge >= 0.3 is 0 Å². The maximum absolute atomic E-state index is 14.2. The molecule has 1 heterocycles. The molecule has 0 aromatic heterocycles. The Morgan fingerprint density at radius 1 is 1.19 bits per heavy atom. The van der Waals surface area contributed by atoms with Crippen LogP contribution >= 0.6 is 0 Å². The number of nitrogens with one attached hydrogen (secondary N) is 1. The Kier molecular flexibility index (Phi) is 5.32. The Morgan fingerprint density at radius 3 is 2.58 bits per heavy atom. The van der Waals surface area contributed by atoms with Gasteiger partial charge < -0.3 is 16.0 Å². The summed E-state index contributed by atoms with van der Waals surface area (Å²) >= 11 is 0. The van der Waals surface area contributed by atoms with Crippen LogP contribution in [0.4, 0.5) is 10.1 Å². The summed E-state index contributed by atoms with van der Waals surface area (Å²) in [5.41, 5.74) is 7.40. The van der Waals surface area contributed by atoms with Crippen molar-refractivity contribution in [3.8, 4) is 0 Å². The van der Waals surface area contributed by atoms with E-state index in [1.54, 1.807) is 4.90 Å². The molecule has 1 aliphatic rings. The van der Waals surface area contributed by atoms with Crippen LogP contribution in [-0.2, 0) is 4.79 Å². The Balaban J connectivity index is 1.83. The molecule has 2 aromatic carbocycles. The Bertz CT molecular complexity index is 810. The highest BCUT2D eigenvalue weighted by Crippen LogP contribution is 2.33. The number of rotatable bonds is 4. The van der Waals surface area contributed by atoms with Gasteiger partial charge in [0.15, 0.2) is 0 Å². The molecule has 3 N–H and O–H groups in total. The summed E-state index contributed by atoms with van der Waals surface area (Å²) in [6.07, 6.45) is 0. The van der Waals surface area contributed by atoms with Crippen molar-refractivity contribution in [3.63, 3.8) is 0 Å². The van der Waals surface area contributed by atoms with Gasteiger partial charge in [0.05, 0.1) is 5.56 Å². The topological polar surface area (TPSA) is 75.4 Å². The summed E-state index contributed by atoms with van der Waals surface area (Å²) in [5, 5.41) is 2.58. The first-order valence-electron chi connectivity index (χ1n) is 8.61. The summed E-state index contributed by atoms with van der Waals surface area (Å²) in [5.74, 6) is -0.999. The van der Waals surface area contributed by atoms with Crippen molar-refractivity contribution < 1.29 is 14.0 Å². The molecule has 2 aromatic rings. The quantitative estimate of drug-likeness (QED) is 0.885. The van der Waals surface area contributed by atoms with Crippen molar-refractivity contribution in [1.82, 2.24) is 4.90 Å². The lowest BCUT2D eigenvalue weighted by Crippen LogP contribution is -2.30. The number of halogens is 1. The molecule has 26 heavy (non-hydrogen) atoms. The molecule has 3 rings (SSSR count). The predicted octanol–water partition coefficient (Wildman–Crippen LogP) is 2.60. The van der Waals surface area contributed by atoms with Crippen LogP contribution in [0, 0.1) is 11.7 Å². The van der Waals surface area contributed by atoms with Gasteiger partial charge in [-0.25, -0.2) is 4.39 Å². The van der Waals surface area contributed by atoms with E-state index in [0.717, 1.165) is 5.56 Å². The number of nitrogens with two attached hydrogens (primary N) is 1. The van der Waals surface area contributed by atoms with Crippen LogP contribution in [0.1, 0.15) is 28.8 Å². The van der Waals surface area contributed by atoms with Gasteiger partial charge in [0.1, 0.15) is 5.82 Å². The minimum Gasteiger partial charge on any atom is -0.338 e. The number of carbonyl (C=O) groups is 2. The van der Waals surface area contributed by atoms with E-state index >= 15 is 0 Å². The third kappa shape index (κ3) is 3.75. The van der Waals surface area contributed by atoms with Crippen LogP contribution in [-0.4, -0.2) is 36.3 Å². The van der Waals surface area contributed by atoms with Crippen molar-refractivity contribution in [3.05, 3.63) is 65.5 Å². The zero-order chi connectivity index (χ0) is 18.7. The lowest BCUT2D eigenvalue weighted by atomic mass is 9.89. The molecule has 0 spiro atoms. The van der Waals surface area contributed by atoms with Gasteiger partial charge in [-0.1, -0.05) is 30.3 Å². The summed E-state index contributed by atoms with van der Waals surface area (Å²) in [4.78, 5) is 25.7. The average molecular weight is 355 g/mol. The van der Waals surface area contributed by atoms with Crippen LogP contribution in [0.2, 0.25) is 0 Å². The molecule has 0 unspecified atom stereocenters. The second-order valence-corrected chi connectivity index (χ2v) is 6.60. The Labute approximate surface area is 152 Å². The van der Waals surface area contributed by atoms with Crippen LogP contribution in [0.25, 0.3) is 0 Å². The number of hydrogen-bond donors (Lipinski definition) is 2. The van der Waals surface area contributed by atoms with Crippen molar-refractivity contribution in [2.45, 2.75) is 12.8 Å². The van der Waals surface area contributed by atoms with Gasteiger partial charge in [-0.2, -0.15) is 0 Å². The number of amides is 2. The molecule has 2 amide bonds. The zero-order valence-electron chi connectivity index (χ0n) is 14.6. The van der Waals surface area contributed by atoms with Crippen LogP contribution in [0.15, 0.2) is 48.5 Å². The van der Waals surface area contributed by atoms with Crippen molar-refractivity contribution in [1.29, 1.82) is 0 Å². The van der Waals surface area contributed by atoms with Gasteiger partial charge in [-0.15, -0.1) is 0 Å². The molecule has 1 fully saturated rings. The number of anilines is 1. The lowest BCUT2D eigenvalue weighted by molar-refractivity contribution is -0.114. The van der Waals surface area contributed by atoms with Gasteiger partial charge in [0.2, 0.25) is 5.91 Å². The highest BCUT2D eigenvalue weighted by Gasteiger charge is 2.36. The van der Waals surface area contributed by atoms with E-state index in [0.29, 0.717) is 25.3 Å². The zero-order valence-corrected chi connectivity index (χ0v) is 14.6. The van der Waals surface area contributed by atoms with E-state index in [2.05, 4.69) is 5.32 Å². The fraction of sp³-hybridized carbons (Fsp3) is 0.300. The molecule has 6 heteroatoms. The third-order valence-corrected chi connectivity index (χ3v) is 4.78. The first-order chi connectivity index (χ1) is 12.5. The predicted molar refractivity (Wildman–Crippen MR) is 98.3 cm³/mol. The molecule has 0 saturated carbocycles. The summed E-state index contributed by atoms with van der Waals surface area (Å²) in [7, 11) is 0. The summed E-state index contributed by atoms with van der Waals surface area (Å²) < 4.78 is 14.2. The minimum atomic E-state index is -0.600. The first kappa shape index (κ1) is 18.1. The summed E-state index contributed by atoms with van der Waals surface area (Å²) in [6.45, 7) is 2.80. The van der Waals surface area contributed by atoms with E-state index in [4.69, 9.17) is 5.73 Å². The highest BCUT2D eigenvalue weighted by atomic mass is 19.1. The van der Waals surface area contributed by atoms with Crippen molar-refractivity contribution in [2.75, 3.05) is 25.0 Å². The van der Waals surface area contributed by atoms with Crippen molar-refractivity contribution >= 4 is 17.5 Å². The van der Waals surface area contributed by atoms with Crippen LogP contribution < -0.4 is 11.1 Å². The standard InChI is InChI=1S/C20H22FN3O2/c1-13(25)23-16-7-8-19(21)17(9-16)20(26)24-11-15(10-22)18(12-24)14-5-3-2-4-6-14/h2-9,15,18H,10-12,22H2,1H3,(H,23,25)/t15-,18+/m1/s1. The molecule has 5 nitrogen and oxygen atoms in total. The molecular formula is C20H22FN3O2. The maximum atomic E-state index is 14.2. The van der Waals surface area contributed by atoms with E-state index in [-0.39, 0.29) is 29.2 Å². The normalized spacial score (nSPS) is 19.4. The fourth-order valence-corrected chi connectivity index (χ4v) is 3.49. The van der Waals surface area contributed by atoms with Gasteiger partial charge in [0, 0.05) is 31.6 Å². The first-order valence-corrected chi connectivity index (χ1v) is 8.61. The second-order valence-electron chi connectivity index (χ2n) is 6.60. The van der Waals surface area contributed by atoms with E-state index in [1.807, 2.05) is 30.3 Å². The Morgan fingerprint density at radius 2 is 1.92 bits per heavy atom. The van der Waals surface area contributed by atoms with E-state index in [1.165, 1.54) is 25.1 Å². The third-order valence-electron chi connectivity index (χ3n) is 4.78. The minimum absolute atomic E-state index is 0.0410. The molecule has 0 radical (unpaired) electrons. The molecule has 136 valence electrons. The van der Waals surface area contributed by atoms with Gasteiger partial charge in [-0.05, 0) is 36.2 Å². The highest BCUT2D eigenvalue weighted by molar-refractivity contribution is 5.97. The SMILES string of the molecule is CC(=O)Nc1ccc(F)c(C(=O)N2C[C@@H](CN)[C@H](c3ccccc3)C2)c1. The molecular weight excluding hydrogens is 333 g/mol. The maximum Gasteiger partial charge on any atom is 0.256 e. The van der Waals surface area contributed by atoms with Gasteiger partial charge in [0.25, 0.3) is 5.91 Å². The summed E-state index contributed by atoms with van der Waals surface area (Å²) in [6, 6.07) is 13.9. The lowest BCUT2D eigenvalue weighted by Gasteiger charge is -2.18. The van der Waals surface area contributed by atoms with Crippen LogP contribution in [0.5, 0.6) is 0 Å². The smallest absolute Gasteiger partial charge is 0.256 e. The molecule has 1 aliphatic heterocycles. The monoisotopic (exact) mass is 355 g/mol. The average Bonchev–Trinajstić information content (AvgIpc) is 3.07. The number of nitrogens with zero attached hydrogens (tertiary/aromatic N) is 1. The van der Waals surface area contributed by atoms with E-state index in [9.17, 15) is 14.0 Å². The Hall–Kier alpha value is -2.73. The molecule has 1 saturated heterocycles. The van der Waals surface area contributed by atoms with E-state index < -0.39 is 5.82 Å². The fourth-order valence-electron chi connectivity index (χ4n) is 3.49. The van der Waals surface area contributed by atoms with Crippen LogP contribution in [0.3, 0.4) is 0 Å². The number of carbonyl (C=O) groups excluding carboxylic acids is 2.